The summed E-state index contributed by atoms with van der Waals surface area (Å²) in [6.45, 7) is 24.6. The van der Waals surface area contributed by atoms with E-state index in [0.29, 0.717) is 29.6 Å². The van der Waals surface area contributed by atoms with Gasteiger partial charge >= 0.3 is 0 Å². The summed E-state index contributed by atoms with van der Waals surface area (Å²) in [7, 11) is 0. The lowest BCUT2D eigenvalue weighted by Gasteiger charge is -2.52. The Kier molecular flexibility index (Phi) is 7.51. The van der Waals surface area contributed by atoms with Crippen molar-refractivity contribution >= 4 is 0 Å². The minimum atomic E-state index is 0.155. The van der Waals surface area contributed by atoms with Gasteiger partial charge in [-0.25, -0.2) is 0 Å². The lowest BCUT2D eigenvalue weighted by molar-refractivity contribution is 0.106. The van der Waals surface area contributed by atoms with Gasteiger partial charge in [0.2, 0.25) is 0 Å². The molecule has 0 radical (unpaired) electrons. The molecule has 0 heterocycles. The third kappa shape index (κ3) is 4.80. The van der Waals surface area contributed by atoms with E-state index < -0.39 is 0 Å². The standard InChI is InChI=1S/C45H62/c1-10-11-21-45(31-19-15-16-20-31,30-17-13-12-14-18-30)40-34-28-38-36(41(2,3)22-24-43(38,6)7)26-32(34)33-27-37-39(29-35(33)40)44(8,9)25-23-42(37,4)5/h10,12-14,17-18,26-29,31-35,40H,1,11,15-16,19-25H2,2-9H3. The number of hydrogen-bond acceptors (Lipinski definition) is 0. The molecular weight excluding hydrogens is 540 g/mol. The first-order valence-corrected chi connectivity index (χ1v) is 18.8. The Labute approximate surface area is 276 Å². The highest BCUT2D eigenvalue weighted by Crippen LogP contribution is 2.68. The Morgan fingerprint density at radius 3 is 1.42 bits per heavy atom. The maximum Gasteiger partial charge on any atom is 0.00241 e. The molecule has 0 saturated heterocycles. The van der Waals surface area contributed by atoms with Crippen molar-refractivity contribution in [2.75, 3.05) is 0 Å². The Morgan fingerprint density at radius 2 is 1.02 bits per heavy atom. The van der Waals surface area contributed by atoms with Crippen LogP contribution in [0.4, 0.5) is 0 Å². The predicted molar refractivity (Wildman–Crippen MR) is 193 cm³/mol. The molecule has 242 valence electrons. The van der Waals surface area contributed by atoms with Gasteiger partial charge in [-0.1, -0.05) is 129 Å². The van der Waals surface area contributed by atoms with Crippen LogP contribution in [0.1, 0.15) is 125 Å². The lowest BCUT2D eigenvalue weighted by atomic mass is 9.52. The highest BCUT2D eigenvalue weighted by molar-refractivity contribution is 5.52. The summed E-state index contributed by atoms with van der Waals surface area (Å²) in [5, 5.41) is 0. The minimum absolute atomic E-state index is 0.155. The van der Waals surface area contributed by atoms with Crippen molar-refractivity contribution in [3.63, 3.8) is 0 Å². The van der Waals surface area contributed by atoms with E-state index in [1.54, 1.807) is 27.9 Å². The van der Waals surface area contributed by atoms with Crippen molar-refractivity contribution in [2.45, 2.75) is 125 Å². The Morgan fingerprint density at radius 1 is 0.622 bits per heavy atom. The molecule has 6 aliphatic carbocycles. The first-order chi connectivity index (χ1) is 21.2. The van der Waals surface area contributed by atoms with Crippen molar-refractivity contribution in [2.24, 2.45) is 57.2 Å². The molecule has 45 heavy (non-hydrogen) atoms. The summed E-state index contributed by atoms with van der Waals surface area (Å²) in [4.78, 5) is 0. The summed E-state index contributed by atoms with van der Waals surface area (Å²) in [6.07, 6.45) is 26.9. The lowest BCUT2D eigenvalue weighted by Crippen LogP contribution is -2.47. The van der Waals surface area contributed by atoms with Crippen molar-refractivity contribution in [3.05, 3.63) is 95.1 Å². The average Bonchev–Trinajstić information content (AvgIpc) is 3.65. The van der Waals surface area contributed by atoms with Crippen LogP contribution >= 0.6 is 0 Å². The summed E-state index contributed by atoms with van der Waals surface area (Å²) in [5.41, 5.74) is 9.52. The number of benzene rings is 1. The van der Waals surface area contributed by atoms with Crippen LogP contribution in [0.25, 0.3) is 0 Å². The molecular formula is C45H62. The second kappa shape index (κ2) is 10.7. The second-order valence-electron chi connectivity index (χ2n) is 18.9. The van der Waals surface area contributed by atoms with Gasteiger partial charge in [-0.2, -0.15) is 0 Å². The highest BCUT2D eigenvalue weighted by atomic mass is 14.6. The molecule has 4 saturated carbocycles. The van der Waals surface area contributed by atoms with E-state index in [4.69, 9.17) is 0 Å². The molecule has 5 unspecified atom stereocenters. The van der Waals surface area contributed by atoms with Gasteiger partial charge in [0.15, 0.2) is 0 Å². The Bertz CT molecular complexity index is 1370. The fourth-order valence-electron chi connectivity index (χ4n) is 11.8. The minimum Gasteiger partial charge on any atom is -0.103 e. The molecule has 4 fully saturated rings. The summed E-state index contributed by atoms with van der Waals surface area (Å²) in [5.74, 6) is 3.62. The van der Waals surface area contributed by atoms with Crippen LogP contribution in [0.5, 0.6) is 0 Å². The maximum atomic E-state index is 4.31. The van der Waals surface area contributed by atoms with Gasteiger partial charge in [0.05, 0.1) is 0 Å². The van der Waals surface area contributed by atoms with Gasteiger partial charge < -0.3 is 0 Å². The molecule has 0 aromatic heterocycles. The number of fused-ring (bicyclic) bond motifs is 5. The van der Waals surface area contributed by atoms with Crippen molar-refractivity contribution in [3.8, 4) is 0 Å². The molecule has 7 rings (SSSR count). The molecule has 1 aromatic rings. The number of hydrogen-bond donors (Lipinski definition) is 0. The molecule has 0 N–H and O–H groups in total. The van der Waals surface area contributed by atoms with Gasteiger partial charge in [-0.15, -0.1) is 6.58 Å². The van der Waals surface area contributed by atoms with E-state index in [2.05, 4.69) is 123 Å². The monoisotopic (exact) mass is 602 g/mol. The van der Waals surface area contributed by atoms with Gasteiger partial charge in [-0.05, 0) is 136 Å². The average molecular weight is 603 g/mol. The van der Waals surface area contributed by atoms with Crippen LogP contribution in [0.2, 0.25) is 0 Å². The van der Waals surface area contributed by atoms with Gasteiger partial charge in [0.1, 0.15) is 0 Å². The summed E-state index contributed by atoms with van der Waals surface area (Å²) < 4.78 is 0. The van der Waals surface area contributed by atoms with Crippen LogP contribution in [0.15, 0.2) is 89.6 Å². The van der Waals surface area contributed by atoms with Crippen LogP contribution in [0, 0.1) is 57.2 Å². The molecule has 6 aliphatic rings. The van der Waals surface area contributed by atoms with E-state index in [1.165, 1.54) is 57.8 Å². The number of rotatable bonds is 6. The van der Waals surface area contributed by atoms with Crippen molar-refractivity contribution in [1.82, 2.24) is 0 Å². The summed E-state index contributed by atoms with van der Waals surface area (Å²) in [6, 6.07) is 12.0. The van der Waals surface area contributed by atoms with E-state index in [1.807, 2.05) is 0 Å². The van der Waals surface area contributed by atoms with Gasteiger partial charge in [0.25, 0.3) is 0 Å². The normalized spacial score (nSPS) is 35.3. The molecule has 0 heteroatoms. The molecule has 5 atom stereocenters. The SMILES string of the molecule is C=CCCC(c1ccccc1)(C1CCCC1)C1C2C=C3C(=CC2C2C=C4C(=CC21)C(C)(C)CCC4(C)C)C(C)(C)CCC3(C)C. The van der Waals surface area contributed by atoms with E-state index in [9.17, 15) is 0 Å². The molecule has 1 aromatic carbocycles. The number of allylic oxidation sites excluding steroid dienone is 9. The first-order valence-electron chi connectivity index (χ1n) is 18.8. The fourth-order valence-corrected chi connectivity index (χ4v) is 11.8. The zero-order valence-electron chi connectivity index (χ0n) is 30.0. The van der Waals surface area contributed by atoms with Gasteiger partial charge in [0, 0.05) is 5.41 Å². The quantitative estimate of drug-likeness (QED) is 0.284. The van der Waals surface area contributed by atoms with E-state index in [-0.39, 0.29) is 27.1 Å². The van der Waals surface area contributed by atoms with Crippen LogP contribution < -0.4 is 0 Å². The molecule has 0 nitrogen and oxygen atoms in total. The molecule has 0 spiro atoms. The topological polar surface area (TPSA) is 0 Å². The zero-order valence-corrected chi connectivity index (χ0v) is 30.0. The van der Waals surface area contributed by atoms with Crippen molar-refractivity contribution < 1.29 is 0 Å². The predicted octanol–water partition coefficient (Wildman–Crippen LogP) is 12.6. The molecule has 0 amide bonds. The van der Waals surface area contributed by atoms with Crippen molar-refractivity contribution in [1.29, 1.82) is 0 Å². The summed E-state index contributed by atoms with van der Waals surface area (Å²) >= 11 is 0. The highest BCUT2D eigenvalue weighted by Gasteiger charge is 2.61. The third-order valence-corrected chi connectivity index (χ3v) is 14.6. The third-order valence-electron chi connectivity index (χ3n) is 14.6. The van der Waals surface area contributed by atoms with E-state index in [0.717, 1.165) is 12.3 Å². The Hall–Kier alpha value is -2.08. The maximum absolute atomic E-state index is 4.31. The van der Waals surface area contributed by atoms with Gasteiger partial charge in [-0.3, -0.25) is 0 Å². The smallest absolute Gasteiger partial charge is 0.00241 e. The molecule has 0 aliphatic heterocycles. The fraction of sp³-hybridized carbons (Fsp3) is 0.644. The largest absolute Gasteiger partial charge is 0.103 e. The first kappa shape index (κ1) is 31.5. The zero-order chi connectivity index (χ0) is 32.0. The molecule has 0 bridgehead atoms. The van der Waals surface area contributed by atoms with E-state index >= 15 is 0 Å². The Balaban J connectivity index is 1.51. The van der Waals surface area contributed by atoms with Crippen LogP contribution in [0.3, 0.4) is 0 Å². The second-order valence-corrected chi connectivity index (χ2v) is 18.9. The van der Waals surface area contributed by atoms with Crippen LogP contribution in [-0.2, 0) is 5.41 Å². The van der Waals surface area contributed by atoms with Crippen LogP contribution in [-0.4, -0.2) is 0 Å².